The summed E-state index contributed by atoms with van der Waals surface area (Å²) in [5.74, 6) is -0.481. The third-order valence-electron chi connectivity index (χ3n) is 3.23. The number of aryl methyl sites for hydroxylation is 2. The van der Waals surface area contributed by atoms with Gasteiger partial charge in [-0.2, -0.15) is 5.26 Å². The molecule has 1 rings (SSSR count). The van der Waals surface area contributed by atoms with E-state index >= 15 is 0 Å². The molecule has 0 N–H and O–H groups in total. The summed E-state index contributed by atoms with van der Waals surface area (Å²) in [6.07, 6.45) is 0.170. The second kappa shape index (κ2) is 7.23. The SMILES string of the molecule is Cc1ccc(S(=O)(=O)CCC(=O)N(C)CCC#N)c(C)c1. The fourth-order valence-corrected chi connectivity index (χ4v) is 3.50. The van der Waals surface area contributed by atoms with Gasteiger partial charge in [-0.1, -0.05) is 17.7 Å². The summed E-state index contributed by atoms with van der Waals surface area (Å²) in [6, 6.07) is 7.10. The fraction of sp³-hybridized carbons (Fsp3) is 0.467. The Morgan fingerprint density at radius 3 is 2.57 bits per heavy atom. The Balaban J connectivity index is 2.74. The molecule has 5 nitrogen and oxygen atoms in total. The molecule has 0 spiro atoms. The van der Waals surface area contributed by atoms with E-state index in [1.807, 2.05) is 19.1 Å². The quantitative estimate of drug-likeness (QED) is 0.803. The first-order valence-electron chi connectivity index (χ1n) is 6.69. The summed E-state index contributed by atoms with van der Waals surface area (Å²) in [6.45, 7) is 3.97. The van der Waals surface area contributed by atoms with Gasteiger partial charge in [0.25, 0.3) is 0 Å². The number of hydrogen-bond acceptors (Lipinski definition) is 4. The standard InChI is InChI=1S/C15H20N2O3S/c1-12-5-6-14(13(2)11-12)21(19,20)10-7-15(18)17(3)9-4-8-16/h5-6,11H,4,7,9-10H2,1-3H3. The van der Waals surface area contributed by atoms with Gasteiger partial charge >= 0.3 is 0 Å². The number of carbonyl (C=O) groups is 1. The van der Waals surface area contributed by atoms with Crippen LogP contribution in [-0.2, 0) is 14.6 Å². The first-order valence-corrected chi connectivity index (χ1v) is 8.34. The van der Waals surface area contributed by atoms with Crippen LogP contribution in [0.2, 0.25) is 0 Å². The van der Waals surface area contributed by atoms with E-state index in [0.29, 0.717) is 12.1 Å². The molecule has 0 radical (unpaired) electrons. The van der Waals surface area contributed by atoms with Crippen LogP contribution in [0.3, 0.4) is 0 Å². The van der Waals surface area contributed by atoms with Gasteiger partial charge in [-0.25, -0.2) is 8.42 Å². The van der Waals surface area contributed by atoms with Crippen LogP contribution >= 0.6 is 0 Å². The van der Waals surface area contributed by atoms with E-state index in [1.54, 1.807) is 26.1 Å². The van der Waals surface area contributed by atoms with Crippen molar-refractivity contribution < 1.29 is 13.2 Å². The topological polar surface area (TPSA) is 78.2 Å². The van der Waals surface area contributed by atoms with Gasteiger partial charge in [-0.15, -0.1) is 0 Å². The van der Waals surface area contributed by atoms with Gasteiger partial charge in [-0.05, 0) is 25.5 Å². The van der Waals surface area contributed by atoms with Crippen molar-refractivity contribution in [1.82, 2.24) is 4.90 Å². The zero-order valence-electron chi connectivity index (χ0n) is 12.6. The van der Waals surface area contributed by atoms with E-state index in [2.05, 4.69) is 0 Å². The minimum Gasteiger partial charge on any atom is -0.345 e. The lowest BCUT2D eigenvalue weighted by Gasteiger charge is -2.15. The molecule has 1 amide bonds. The number of sulfone groups is 1. The predicted octanol–water partition coefficient (Wildman–Crippen LogP) is 1.84. The summed E-state index contributed by atoms with van der Waals surface area (Å²) >= 11 is 0. The molecule has 0 heterocycles. The number of benzene rings is 1. The lowest BCUT2D eigenvalue weighted by Crippen LogP contribution is -2.29. The fourth-order valence-electron chi connectivity index (χ4n) is 2.01. The highest BCUT2D eigenvalue weighted by atomic mass is 32.2. The zero-order chi connectivity index (χ0) is 16.0. The summed E-state index contributed by atoms with van der Waals surface area (Å²) in [7, 11) is -1.90. The molecule has 0 aliphatic heterocycles. The molecule has 0 fully saturated rings. The van der Waals surface area contributed by atoms with Gasteiger partial charge < -0.3 is 4.90 Å². The maximum absolute atomic E-state index is 12.3. The minimum atomic E-state index is -3.47. The summed E-state index contributed by atoms with van der Waals surface area (Å²) in [4.78, 5) is 13.5. The van der Waals surface area contributed by atoms with E-state index in [0.717, 1.165) is 5.56 Å². The predicted molar refractivity (Wildman–Crippen MR) is 80.5 cm³/mol. The van der Waals surface area contributed by atoms with Crippen LogP contribution in [0.25, 0.3) is 0 Å². The van der Waals surface area contributed by atoms with E-state index in [4.69, 9.17) is 5.26 Å². The first-order chi connectivity index (χ1) is 9.77. The second-order valence-corrected chi connectivity index (χ2v) is 7.14. The van der Waals surface area contributed by atoms with Crippen molar-refractivity contribution in [3.8, 4) is 6.07 Å². The molecule has 0 aliphatic carbocycles. The summed E-state index contributed by atoms with van der Waals surface area (Å²) in [5.41, 5.74) is 1.69. The molecule has 0 aromatic heterocycles. The lowest BCUT2D eigenvalue weighted by atomic mass is 10.2. The number of nitriles is 1. The van der Waals surface area contributed by atoms with Crippen molar-refractivity contribution in [2.45, 2.75) is 31.6 Å². The number of hydrogen-bond donors (Lipinski definition) is 0. The van der Waals surface area contributed by atoms with Crippen LogP contribution in [0, 0.1) is 25.2 Å². The van der Waals surface area contributed by atoms with Crippen LogP contribution in [0.1, 0.15) is 24.0 Å². The van der Waals surface area contributed by atoms with Gasteiger partial charge in [0, 0.05) is 20.0 Å². The molecule has 1 aromatic carbocycles. The molecular formula is C15H20N2O3S. The van der Waals surface area contributed by atoms with Crippen LogP contribution < -0.4 is 0 Å². The molecule has 1 aromatic rings. The lowest BCUT2D eigenvalue weighted by molar-refractivity contribution is -0.129. The third kappa shape index (κ3) is 4.87. The Kier molecular flexibility index (Phi) is 5.91. The highest BCUT2D eigenvalue weighted by Crippen LogP contribution is 2.18. The average molecular weight is 308 g/mol. The molecule has 0 unspecified atom stereocenters. The van der Waals surface area contributed by atoms with Gasteiger partial charge in [0.2, 0.25) is 5.91 Å². The molecule has 6 heteroatoms. The zero-order valence-corrected chi connectivity index (χ0v) is 13.4. The smallest absolute Gasteiger partial charge is 0.223 e. The molecule has 0 saturated heterocycles. The Labute approximate surface area is 126 Å². The number of nitrogens with zero attached hydrogens (tertiary/aromatic N) is 2. The highest BCUT2D eigenvalue weighted by Gasteiger charge is 2.19. The van der Waals surface area contributed by atoms with Crippen LogP contribution in [0.15, 0.2) is 23.1 Å². The second-order valence-electron chi connectivity index (χ2n) is 5.06. The van der Waals surface area contributed by atoms with Gasteiger partial charge in [0.05, 0.1) is 23.1 Å². The number of rotatable bonds is 6. The van der Waals surface area contributed by atoms with Gasteiger partial charge in [0.1, 0.15) is 0 Å². The molecule has 21 heavy (non-hydrogen) atoms. The molecule has 0 aliphatic rings. The van der Waals surface area contributed by atoms with Gasteiger partial charge in [-0.3, -0.25) is 4.79 Å². The first kappa shape index (κ1) is 17.2. The molecule has 0 bridgehead atoms. The molecule has 114 valence electrons. The minimum absolute atomic E-state index is 0.0718. The Morgan fingerprint density at radius 1 is 1.33 bits per heavy atom. The maximum atomic E-state index is 12.3. The van der Waals surface area contributed by atoms with E-state index < -0.39 is 9.84 Å². The van der Waals surface area contributed by atoms with Crippen LogP contribution in [-0.4, -0.2) is 38.6 Å². The largest absolute Gasteiger partial charge is 0.345 e. The summed E-state index contributed by atoms with van der Waals surface area (Å²) < 4.78 is 24.6. The van der Waals surface area contributed by atoms with Crippen LogP contribution in [0.5, 0.6) is 0 Å². The monoisotopic (exact) mass is 308 g/mol. The molecular weight excluding hydrogens is 288 g/mol. The van der Waals surface area contributed by atoms with Gasteiger partial charge in [0.15, 0.2) is 9.84 Å². The van der Waals surface area contributed by atoms with Crippen molar-refractivity contribution in [2.75, 3.05) is 19.3 Å². The van der Waals surface area contributed by atoms with Crippen molar-refractivity contribution >= 4 is 15.7 Å². The Bertz CT molecular complexity index is 660. The third-order valence-corrected chi connectivity index (χ3v) is 5.10. The number of carbonyl (C=O) groups excluding carboxylic acids is 1. The Hall–Kier alpha value is -1.87. The van der Waals surface area contributed by atoms with Crippen molar-refractivity contribution in [3.63, 3.8) is 0 Å². The molecule has 0 saturated carbocycles. The van der Waals surface area contributed by atoms with Crippen molar-refractivity contribution in [2.24, 2.45) is 0 Å². The Morgan fingerprint density at radius 2 is 2.00 bits per heavy atom. The van der Waals surface area contributed by atoms with Crippen LogP contribution in [0.4, 0.5) is 0 Å². The maximum Gasteiger partial charge on any atom is 0.223 e. The van der Waals surface area contributed by atoms with E-state index in [9.17, 15) is 13.2 Å². The van der Waals surface area contributed by atoms with E-state index in [-0.39, 0.29) is 29.4 Å². The summed E-state index contributed by atoms with van der Waals surface area (Å²) in [5, 5.41) is 8.47. The van der Waals surface area contributed by atoms with Crippen molar-refractivity contribution in [1.29, 1.82) is 5.26 Å². The van der Waals surface area contributed by atoms with Crippen molar-refractivity contribution in [3.05, 3.63) is 29.3 Å². The average Bonchev–Trinajstić information content (AvgIpc) is 2.41. The van der Waals surface area contributed by atoms with E-state index in [1.165, 1.54) is 4.90 Å². The molecule has 0 atom stereocenters. The normalized spacial score (nSPS) is 11.0. The highest BCUT2D eigenvalue weighted by molar-refractivity contribution is 7.91. The number of amides is 1.